The molecule has 0 aliphatic rings. The average molecular weight is 296 g/mol. The number of Topliss-reactive ketones (excluding diaryl/α,β-unsaturated/α-hetero) is 1. The molecule has 0 radical (unpaired) electrons. The summed E-state index contributed by atoms with van der Waals surface area (Å²) in [6.45, 7) is 8.40. The Morgan fingerprint density at radius 2 is 1.90 bits per heavy atom. The molecule has 1 aromatic rings. The lowest BCUT2D eigenvalue weighted by Gasteiger charge is -2.09. The fourth-order valence-electron chi connectivity index (χ4n) is 1.89. The van der Waals surface area contributed by atoms with E-state index in [1.807, 2.05) is 33.8 Å². The Balaban J connectivity index is 0.00000191. The van der Waals surface area contributed by atoms with E-state index in [0.29, 0.717) is 37.2 Å². The zero-order valence-corrected chi connectivity index (χ0v) is 13.9. The monoisotopic (exact) mass is 296 g/mol. The van der Waals surface area contributed by atoms with Crippen LogP contribution in [0.4, 0.5) is 4.39 Å². The van der Waals surface area contributed by atoms with Gasteiger partial charge in [-0.15, -0.1) is 0 Å². The molecule has 0 aliphatic carbocycles. The SMILES string of the molecule is CC.CCCOc1cccc(CCCCC(=O)CC)c1F. The van der Waals surface area contributed by atoms with Crippen LogP contribution in [0.15, 0.2) is 18.2 Å². The van der Waals surface area contributed by atoms with Crippen LogP contribution in [0.25, 0.3) is 0 Å². The first-order valence-corrected chi connectivity index (χ1v) is 8.10. The van der Waals surface area contributed by atoms with Crippen molar-refractivity contribution < 1.29 is 13.9 Å². The predicted molar refractivity (Wildman–Crippen MR) is 86.4 cm³/mol. The van der Waals surface area contributed by atoms with Gasteiger partial charge in [-0.05, 0) is 37.3 Å². The number of hydrogen-bond donors (Lipinski definition) is 0. The summed E-state index contributed by atoms with van der Waals surface area (Å²) in [6, 6.07) is 5.27. The van der Waals surface area contributed by atoms with Gasteiger partial charge in [-0.3, -0.25) is 4.79 Å². The van der Waals surface area contributed by atoms with E-state index < -0.39 is 0 Å². The molecule has 0 N–H and O–H groups in total. The molecule has 0 aromatic heterocycles. The Morgan fingerprint density at radius 1 is 1.19 bits per heavy atom. The van der Waals surface area contributed by atoms with Crippen molar-refractivity contribution in [2.24, 2.45) is 0 Å². The highest BCUT2D eigenvalue weighted by molar-refractivity contribution is 5.77. The highest BCUT2D eigenvalue weighted by atomic mass is 19.1. The number of carbonyl (C=O) groups is 1. The van der Waals surface area contributed by atoms with Gasteiger partial charge in [-0.2, -0.15) is 0 Å². The molecule has 3 heteroatoms. The van der Waals surface area contributed by atoms with Crippen LogP contribution in [0.2, 0.25) is 0 Å². The summed E-state index contributed by atoms with van der Waals surface area (Å²) in [5.41, 5.74) is 0.678. The summed E-state index contributed by atoms with van der Waals surface area (Å²) < 4.78 is 19.4. The molecular weight excluding hydrogens is 267 g/mol. The topological polar surface area (TPSA) is 26.3 Å². The lowest BCUT2D eigenvalue weighted by molar-refractivity contribution is -0.118. The van der Waals surface area contributed by atoms with Crippen LogP contribution in [-0.2, 0) is 11.2 Å². The number of halogens is 1. The summed E-state index contributed by atoms with van der Waals surface area (Å²) in [4.78, 5) is 11.2. The molecule has 1 rings (SSSR count). The molecule has 2 nitrogen and oxygen atoms in total. The Labute approximate surface area is 128 Å². The lowest BCUT2D eigenvalue weighted by atomic mass is 10.0. The summed E-state index contributed by atoms with van der Waals surface area (Å²) >= 11 is 0. The van der Waals surface area contributed by atoms with E-state index in [9.17, 15) is 9.18 Å². The third kappa shape index (κ3) is 7.84. The van der Waals surface area contributed by atoms with Crippen molar-refractivity contribution in [2.45, 2.75) is 66.2 Å². The zero-order chi connectivity index (χ0) is 16.1. The van der Waals surface area contributed by atoms with Crippen LogP contribution in [0.1, 0.15) is 65.4 Å². The largest absolute Gasteiger partial charge is 0.491 e. The molecule has 0 unspecified atom stereocenters. The number of hydrogen-bond acceptors (Lipinski definition) is 2. The fourth-order valence-corrected chi connectivity index (χ4v) is 1.89. The first kappa shape index (κ1) is 19.6. The van der Waals surface area contributed by atoms with Gasteiger partial charge >= 0.3 is 0 Å². The van der Waals surface area contributed by atoms with E-state index in [1.54, 1.807) is 12.1 Å². The summed E-state index contributed by atoms with van der Waals surface area (Å²) in [6.07, 6.45) is 4.37. The second kappa shape index (κ2) is 12.4. The van der Waals surface area contributed by atoms with Gasteiger partial charge in [0.2, 0.25) is 0 Å². The maximum Gasteiger partial charge on any atom is 0.168 e. The van der Waals surface area contributed by atoms with Crippen molar-refractivity contribution in [1.29, 1.82) is 0 Å². The molecule has 0 spiro atoms. The molecule has 1 aromatic carbocycles. The van der Waals surface area contributed by atoms with Crippen LogP contribution in [0, 0.1) is 5.82 Å². The predicted octanol–water partition coefficient (Wildman–Crippen LogP) is 5.33. The fraction of sp³-hybridized carbons (Fsp3) is 0.611. The maximum atomic E-state index is 14.1. The molecular formula is C18H29FO2. The van der Waals surface area contributed by atoms with Gasteiger partial charge in [0, 0.05) is 12.8 Å². The minimum absolute atomic E-state index is 0.252. The van der Waals surface area contributed by atoms with Crippen LogP contribution in [0.5, 0.6) is 5.75 Å². The quantitative estimate of drug-likeness (QED) is 0.575. The molecule has 0 saturated heterocycles. The first-order chi connectivity index (χ1) is 10.2. The molecule has 0 heterocycles. The van der Waals surface area contributed by atoms with Gasteiger partial charge in [-0.1, -0.05) is 39.8 Å². The Morgan fingerprint density at radius 3 is 2.52 bits per heavy atom. The number of aryl methyl sites for hydroxylation is 1. The van der Waals surface area contributed by atoms with Crippen LogP contribution in [0.3, 0.4) is 0 Å². The standard InChI is InChI=1S/C16H23FO2.C2H6/c1-3-12-19-15-11-7-9-13(16(15)17)8-5-6-10-14(18)4-2;1-2/h7,9,11H,3-6,8,10,12H2,1-2H3;1-2H3. The molecule has 21 heavy (non-hydrogen) atoms. The van der Waals surface area contributed by atoms with Gasteiger partial charge in [0.15, 0.2) is 11.6 Å². The summed E-state index contributed by atoms with van der Waals surface area (Å²) in [5.74, 6) is 0.363. The van der Waals surface area contributed by atoms with Crippen molar-refractivity contribution in [3.05, 3.63) is 29.6 Å². The Bertz CT molecular complexity index is 402. The van der Waals surface area contributed by atoms with Gasteiger partial charge < -0.3 is 4.74 Å². The van der Waals surface area contributed by atoms with E-state index in [4.69, 9.17) is 4.74 Å². The Hall–Kier alpha value is -1.38. The number of benzene rings is 1. The van der Waals surface area contributed by atoms with Gasteiger partial charge in [-0.25, -0.2) is 4.39 Å². The van der Waals surface area contributed by atoms with Crippen molar-refractivity contribution >= 4 is 5.78 Å². The Kier molecular flexibility index (Phi) is 11.6. The minimum atomic E-state index is -0.252. The number of rotatable bonds is 9. The van der Waals surface area contributed by atoms with Gasteiger partial charge in [0.25, 0.3) is 0 Å². The smallest absolute Gasteiger partial charge is 0.168 e. The van der Waals surface area contributed by atoms with Gasteiger partial charge in [0.1, 0.15) is 5.78 Å². The van der Waals surface area contributed by atoms with E-state index >= 15 is 0 Å². The van der Waals surface area contributed by atoms with E-state index in [2.05, 4.69) is 0 Å². The highest BCUT2D eigenvalue weighted by Crippen LogP contribution is 2.22. The summed E-state index contributed by atoms with van der Waals surface area (Å²) in [7, 11) is 0. The van der Waals surface area contributed by atoms with E-state index in [-0.39, 0.29) is 11.6 Å². The van der Waals surface area contributed by atoms with E-state index in [0.717, 1.165) is 19.3 Å². The third-order valence-corrected chi connectivity index (χ3v) is 3.05. The average Bonchev–Trinajstić information content (AvgIpc) is 2.53. The molecule has 0 fully saturated rings. The number of ether oxygens (including phenoxy) is 1. The normalized spacial score (nSPS) is 9.76. The molecule has 0 atom stereocenters. The second-order valence-corrected chi connectivity index (χ2v) is 4.68. The molecule has 0 aliphatic heterocycles. The lowest BCUT2D eigenvalue weighted by Crippen LogP contribution is -2.01. The zero-order valence-electron chi connectivity index (χ0n) is 13.9. The van der Waals surface area contributed by atoms with Crippen molar-refractivity contribution in [2.75, 3.05) is 6.61 Å². The first-order valence-electron chi connectivity index (χ1n) is 8.10. The summed E-state index contributed by atoms with van der Waals surface area (Å²) in [5, 5.41) is 0. The molecule has 0 saturated carbocycles. The maximum absolute atomic E-state index is 14.1. The molecule has 0 bridgehead atoms. The van der Waals surface area contributed by atoms with Crippen molar-refractivity contribution in [3.8, 4) is 5.75 Å². The highest BCUT2D eigenvalue weighted by Gasteiger charge is 2.09. The van der Waals surface area contributed by atoms with Gasteiger partial charge in [0.05, 0.1) is 6.61 Å². The molecule has 0 amide bonds. The van der Waals surface area contributed by atoms with Crippen molar-refractivity contribution in [3.63, 3.8) is 0 Å². The number of unbranched alkanes of at least 4 members (excludes halogenated alkanes) is 1. The minimum Gasteiger partial charge on any atom is -0.491 e. The van der Waals surface area contributed by atoms with Crippen molar-refractivity contribution in [1.82, 2.24) is 0 Å². The van der Waals surface area contributed by atoms with Crippen LogP contribution < -0.4 is 4.74 Å². The number of ketones is 1. The third-order valence-electron chi connectivity index (χ3n) is 3.05. The second-order valence-electron chi connectivity index (χ2n) is 4.68. The van der Waals surface area contributed by atoms with Crippen LogP contribution in [-0.4, -0.2) is 12.4 Å². The van der Waals surface area contributed by atoms with Crippen LogP contribution >= 0.6 is 0 Å². The number of carbonyl (C=O) groups excluding carboxylic acids is 1. The molecule has 120 valence electrons. The van der Waals surface area contributed by atoms with E-state index in [1.165, 1.54) is 0 Å².